The molecule has 4 amide bonds. The molecule has 1 aliphatic heterocycles. The monoisotopic (exact) mass is 344 g/mol. The highest BCUT2D eigenvalue weighted by atomic mass is 16.2. The molecule has 3 rings (SSSR count). The molecule has 0 atom stereocenters. The molecule has 7 nitrogen and oxygen atoms in total. The van der Waals surface area contributed by atoms with Crippen molar-refractivity contribution in [2.24, 2.45) is 5.92 Å². The van der Waals surface area contributed by atoms with Crippen molar-refractivity contribution in [2.75, 3.05) is 13.6 Å². The summed E-state index contributed by atoms with van der Waals surface area (Å²) < 4.78 is 0. The summed E-state index contributed by atoms with van der Waals surface area (Å²) in [6.07, 6.45) is 6.48. The molecule has 0 unspecified atom stereocenters. The number of amides is 4. The Balaban J connectivity index is 1.63. The van der Waals surface area contributed by atoms with Crippen LogP contribution in [0.3, 0.4) is 0 Å². The fraction of sp³-hybridized carbons (Fsp3) is 0.556. The Hall–Kier alpha value is -2.44. The van der Waals surface area contributed by atoms with E-state index in [4.69, 9.17) is 0 Å². The van der Waals surface area contributed by atoms with E-state index in [2.05, 4.69) is 17.2 Å². The first kappa shape index (κ1) is 17.4. The molecule has 0 bridgehead atoms. The quantitative estimate of drug-likeness (QED) is 0.840. The van der Waals surface area contributed by atoms with Crippen molar-refractivity contribution < 1.29 is 14.4 Å². The number of hydrogen-bond donors (Lipinski definition) is 1. The Kier molecular flexibility index (Phi) is 4.74. The number of carbonyl (C=O) groups excluding carboxylic acids is 3. The summed E-state index contributed by atoms with van der Waals surface area (Å²) in [6, 6.07) is 3.23. The molecule has 25 heavy (non-hydrogen) atoms. The maximum Gasteiger partial charge on any atom is 0.325 e. The standard InChI is InChI=1S/C18H24N4O3/c1-13-5-7-18(8-6-13)16(24)22(17(25)20-18)12-15(23)21(2)11-14-4-3-9-19-10-14/h3-4,9-10,13H,5-8,11-12H2,1-2H3,(H,20,25). The second kappa shape index (κ2) is 6.82. The summed E-state index contributed by atoms with van der Waals surface area (Å²) in [5.74, 6) is 0.0396. The summed E-state index contributed by atoms with van der Waals surface area (Å²) >= 11 is 0. The smallest absolute Gasteiger partial charge is 0.325 e. The van der Waals surface area contributed by atoms with Crippen LogP contribution >= 0.6 is 0 Å². The molecule has 1 aromatic heterocycles. The van der Waals surface area contributed by atoms with Crippen LogP contribution in [0.25, 0.3) is 0 Å². The summed E-state index contributed by atoms with van der Waals surface area (Å²) in [7, 11) is 1.66. The first-order valence-electron chi connectivity index (χ1n) is 8.68. The van der Waals surface area contributed by atoms with E-state index in [0.29, 0.717) is 25.3 Å². The highest BCUT2D eigenvalue weighted by molar-refractivity contribution is 6.09. The summed E-state index contributed by atoms with van der Waals surface area (Å²) in [6.45, 7) is 2.32. The molecule has 134 valence electrons. The van der Waals surface area contributed by atoms with Crippen molar-refractivity contribution >= 4 is 17.8 Å². The Labute approximate surface area is 147 Å². The molecular formula is C18H24N4O3. The second-order valence-corrected chi connectivity index (χ2v) is 7.20. The van der Waals surface area contributed by atoms with Crippen LogP contribution in [-0.4, -0.2) is 51.8 Å². The van der Waals surface area contributed by atoms with Crippen molar-refractivity contribution in [1.29, 1.82) is 0 Å². The lowest BCUT2D eigenvalue weighted by molar-refractivity contribution is -0.139. The molecule has 7 heteroatoms. The lowest BCUT2D eigenvalue weighted by atomic mass is 9.77. The van der Waals surface area contributed by atoms with Gasteiger partial charge in [0.2, 0.25) is 5.91 Å². The van der Waals surface area contributed by atoms with Crippen LogP contribution in [0.2, 0.25) is 0 Å². The van der Waals surface area contributed by atoms with Gasteiger partial charge in [-0.1, -0.05) is 13.0 Å². The second-order valence-electron chi connectivity index (χ2n) is 7.20. The zero-order valence-corrected chi connectivity index (χ0v) is 14.7. The molecule has 2 aliphatic rings. The molecule has 2 fully saturated rings. The van der Waals surface area contributed by atoms with Crippen molar-refractivity contribution in [3.05, 3.63) is 30.1 Å². The number of pyridine rings is 1. The van der Waals surface area contributed by atoms with E-state index in [1.165, 1.54) is 4.90 Å². The predicted octanol–water partition coefficient (Wildman–Crippen LogP) is 1.54. The fourth-order valence-corrected chi connectivity index (χ4v) is 3.52. The maximum atomic E-state index is 12.8. The van der Waals surface area contributed by atoms with Gasteiger partial charge >= 0.3 is 6.03 Å². The topological polar surface area (TPSA) is 82.6 Å². The number of rotatable bonds is 4. The van der Waals surface area contributed by atoms with E-state index in [9.17, 15) is 14.4 Å². The Morgan fingerprint density at radius 2 is 2.12 bits per heavy atom. The summed E-state index contributed by atoms with van der Waals surface area (Å²) in [5.41, 5.74) is 0.0968. The van der Waals surface area contributed by atoms with E-state index in [0.717, 1.165) is 23.3 Å². The highest BCUT2D eigenvalue weighted by Gasteiger charge is 2.52. The molecule has 1 aromatic rings. The van der Waals surface area contributed by atoms with E-state index in [1.807, 2.05) is 6.07 Å². The van der Waals surface area contributed by atoms with Crippen LogP contribution in [-0.2, 0) is 16.1 Å². The number of aromatic nitrogens is 1. The average molecular weight is 344 g/mol. The van der Waals surface area contributed by atoms with Gasteiger partial charge in [0, 0.05) is 26.0 Å². The van der Waals surface area contributed by atoms with Gasteiger partial charge < -0.3 is 10.2 Å². The number of likely N-dealkylation sites (N-methyl/N-ethyl adjacent to an activating group) is 1. The van der Waals surface area contributed by atoms with Crippen LogP contribution in [0, 0.1) is 5.92 Å². The van der Waals surface area contributed by atoms with Crippen LogP contribution in [0.4, 0.5) is 4.79 Å². The summed E-state index contributed by atoms with van der Waals surface area (Å²) in [5, 5.41) is 2.84. The minimum Gasteiger partial charge on any atom is -0.340 e. The van der Waals surface area contributed by atoms with Gasteiger partial charge in [-0.3, -0.25) is 19.5 Å². The van der Waals surface area contributed by atoms with Crippen LogP contribution in [0.1, 0.15) is 38.2 Å². The fourth-order valence-electron chi connectivity index (χ4n) is 3.52. The first-order valence-corrected chi connectivity index (χ1v) is 8.68. The normalized spacial score (nSPS) is 26.0. The predicted molar refractivity (Wildman–Crippen MR) is 91.3 cm³/mol. The number of nitrogens with one attached hydrogen (secondary N) is 1. The molecule has 1 saturated heterocycles. The Bertz CT molecular complexity index is 668. The molecule has 1 N–H and O–H groups in total. The van der Waals surface area contributed by atoms with Gasteiger partial charge in [0.25, 0.3) is 5.91 Å². The number of nitrogens with zero attached hydrogens (tertiary/aromatic N) is 3. The molecule has 2 heterocycles. The van der Waals surface area contributed by atoms with Gasteiger partial charge in [-0.15, -0.1) is 0 Å². The minimum absolute atomic E-state index is 0.223. The lowest BCUT2D eigenvalue weighted by Gasteiger charge is -2.33. The third-order valence-corrected chi connectivity index (χ3v) is 5.24. The number of urea groups is 1. The van der Waals surface area contributed by atoms with E-state index >= 15 is 0 Å². The van der Waals surface area contributed by atoms with E-state index in [-0.39, 0.29) is 18.4 Å². The van der Waals surface area contributed by atoms with Crippen LogP contribution in [0.5, 0.6) is 0 Å². The van der Waals surface area contributed by atoms with Gasteiger partial charge in [-0.05, 0) is 43.2 Å². The number of imide groups is 1. The lowest BCUT2D eigenvalue weighted by Crippen LogP contribution is -2.50. The zero-order valence-electron chi connectivity index (χ0n) is 14.7. The van der Waals surface area contributed by atoms with Crippen molar-refractivity contribution in [2.45, 2.75) is 44.7 Å². The average Bonchev–Trinajstić information content (AvgIpc) is 2.83. The van der Waals surface area contributed by atoms with Crippen LogP contribution < -0.4 is 5.32 Å². The Morgan fingerprint density at radius 1 is 1.40 bits per heavy atom. The molecule has 1 saturated carbocycles. The summed E-state index contributed by atoms with van der Waals surface area (Å²) in [4.78, 5) is 44.1. The van der Waals surface area contributed by atoms with E-state index in [1.54, 1.807) is 25.5 Å². The van der Waals surface area contributed by atoms with Crippen molar-refractivity contribution in [1.82, 2.24) is 20.1 Å². The largest absolute Gasteiger partial charge is 0.340 e. The van der Waals surface area contributed by atoms with E-state index < -0.39 is 11.6 Å². The van der Waals surface area contributed by atoms with Gasteiger partial charge in [0.1, 0.15) is 12.1 Å². The third-order valence-electron chi connectivity index (χ3n) is 5.24. The third kappa shape index (κ3) is 3.50. The van der Waals surface area contributed by atoms with Crippen LogP contribution in [0.15, 0.2) is 24.5 Å². The SMILES string of the molecule is CC1CCC2(CC1)NC(=O)N(CC(=O)N(C)Cc1cccnc1)C2=O. The van der Waals surface area contributed by atoms with Gasteiger partial charge in [-0.25, -0.2) is 4.79 Å². The molecule has 0 radical (unpaired) electrons. The molecular weight excluding hydrogens is 320 g/mol. The molecule has 1 aliphatic carbocycles. The van der Waals surface area contributed by atoms with Gasteiger partial charge in [0.15, 0.2) is 0 Å². The van der Waals surface area contributed by atoms with Gasteiger partial charge in [-0.2, -0.15) is 0 Å². The maximum absolute atomic E-state index is 12.8. The van der Waals surface area contributed by atoms with Crippen molar-refractivity contribution in [3.63, 3.8) is 0 Å². The first-order chi connectivity index (χ1) is 11.9. The zero-order chi connectivity index (χ0) is 18.0. The minimum atomic E-state index is -0.800. The molecule has 0 aromatic carbocycles. The Morgan fingerprint density at radius 3 is 2.76 bits per heavy atom. The van der Waals surface area contributed by atoms with Crippen molar-refractivity contribution in [3.8, 4) is 0 Å². The molecule has 1 spiro atoms. The number of hydrogen-bond acceptors (Lipinski definition) is 4. The number of carbonyl (C=O) groups is 3. The van der Waals surface area contributed by atoms with Gasteiger partial charge in [0.05, 0.1) is 0 Å². The highest BCUT2D eigenvalue weighted by Crippen LogP contribution is 2.36.